The van der Waals surface area contributed by atoms with Gasteiger partial charge in [0.25, 0.3) is 0 Å². The highest BCUT2D eigenvalue weighted by atomic mass is 16.7. The van der Waals surface area contributed by atoms with Crippen LogP contribution in [0.25, 0.3) is 0 Å². The highest BCUT2D eigenvalue weighted by Crippen LogP contribution is 2.38. The van der Waals surface area contributed by atoms with Gasteiger partial charge in [-0.05, 0) is 36.8 Å². The van der Waals surface area contributed by atoms with E-state index in [0.717, 1.165) is 28.6 Å². The standard InChI is InChI=1S/C15H16N2O2/c1-10-3-5-12(16)13(7-10)17(2)11-4-6-14-15(8-11)19-9-18-14/h3-8H,9,16H2,1-2H3. The molecule has 1 aliphatic heterocycles. The van der Waals surface area contributed by atoms with Crippen molar-refractivity contribution in [1.82, 2.24) is 0 Å². The number of ether oxygens (including phenoxy) is 2. The van der Waals surface area contributed by atoms with E-state index < -0.39 is 0 Å². The summed E-state index contributed by atoms with van der Waals surface area (Å²) in [5.41, 5.74) is 9.98. The topological polar surface area (TPSA) is 47.7 Å². The fourth-order valence-electron chi connectivity index (χ4n) is 2.18. The van der Waals surface area contributed by atoms with E-state index >= 15 is 0 Å². The molecule has 0 saturated carbocycles. The average Bonchev–Trinajstić information content (AvgIpc) is 2.88. The van der Waals surface area contributed by atoms with Gasteiger partial charge in [-0.25, -0.2) is 0 Å². The van der Waals surface area contributed by atoms with E-state index in [1.165, 1.54) is 5.56 Å². The largest absolute Gasteiger partial charge is 0.454 e. The van der Waals surface area contributed by atoms with Gasteiger partial charge in [-0.2, -0.15) is 0 Å². The van der Waals surface area contributed by atoms with E-state index in [1.54, 1.807) is 0 Å². The Hall–Kier alpha value is -2.36. The van der Waals surface area contributed by atoms with Crippen LogP contribution < -0.4 is 20.1 Å². The minimum absolute atomic E-state index is 0.287. The molecule has 98 valence electrons. The summed E-state index contributed by atoms with van der Waals surface area (Å²) in [6.07, 6.45) is 0. The van der Waals surface area contributed by atoms with Crippen LogP contribution in [0.3, 0.4) is 0 Å². The van der Waals surface area contributed by atoms with Crippen molar-refractivity contribution in [2.24, 2.45) is 0 Å². The van der Waals surface area contributed by atoms with Crippen molar-refractivity contribution in [2.45, 2.75) is 6.92 Å². The van der Waals surface area contributed by atoms with Gasteiger partial charge < -0.3 is 20.1 Å². The molecule has 0 spiro atoms. The van der Waals surface area contributed by atoms with Crippen molar-refractivity contribution >= 4 is 17.1 Å². The first-order chi connectivity index (χ1) is 9.15. The molecule has 4 heteroatoms. The molecule has 2 aromatic carbocycles. The number of anilines is 3. The lowest BCUT2D eigenvalue weighted by molar-refractivity contribution is 0.174. The SMILES string of the molecule is Cc1ccc(N)c(N(C)c2ccc3c(c2)OCO3)c1. The van der Waals surface area contributed by atoms with E-state index in [9.17, 15) is 0 Å². The van der Waals surface area contributed by atoms with Gasteiger partial charge in [-0.3, -0.25) is 0 Å². The first kappa shape index (κ1) is 11.7. The zero-order valence-electron chi connectivity index (χ0n) is 11.0. The molecule has 0 amide bonds. The molecule has 2 N–H and O–H groups in total. The van der Waals surface area contributed by atoms with Crippen molar-refractivity contribution < 1.29 is 9.47 Å². The third-order valence-corrected chi connectivity index (χ3v) is 3.29. The number of hydrogen-bond donors (Lipinski definition) is 1. The maximum Gasteiger partial charge on any atom is 0.231 e. The van der Waals surface area contributed by atoms with Crippen LogP contribution in [0.15, 0.2) is 36.4 Å². The van der Waals surface area contributed by atoms with Crippen LogP contribution in [-0.4, -0.2) is 13.8 Å². The number of nitrogens with zero attached hydrogens (tertiary/aromatic N) is 1. The Morgan fingerprint density at radius 1 is 1.05 bits per heavy atom. The van der Waals surface area contributed by atoms with Crippen molar-refractivity contribution in [3.05, 3.63) is 42.0 Å². The minimum atomic E-state index is 0.287. The molecule has 0 radical (unpaired) electrons. The molecule has 1 aliphatic rings. The van der Waals surface area contributed by atoms with Gasteiger partial charge in [0, 0.05) is 18.8 Å². The number of hydrogen-bond acceptors (Lipinski definition) is 4. The third-order valence-electron chi connectivity index (χ3n) is 3.29. The summed E-state index contributed by atoms with van der Waals surface area (Å²) in [5, 5.41) is 0. The van der Waals surface area contributed by atoms with Crippen LogP contribution in [0.4, 0.5) is 17.1 Å². The lowest BCUT2D eigenvalue weighted by atomic mass is 10.1. The minimum Gasteiger partial charge on any atom is -0.454 e. The third kappa shape index (κ3) is 2.05. The van der Waals surface area contributed by atoms with Crippen LogP contribution in [-0.2, 0) is 0 Å². The van der Waals surface area contributed by atoms with Gasteiger partial charge in [0.15, 0.2) is 11.5 Å². The molecule has 0 unspecified atom stereocenters. The maximum atomic E-state index is 6.04. The molecule has 0 fully saturated rings. The van der Waals surface area contributed by atoms with Crippen molar-refractivity contribution in [1.29, 1.82) is 0 Å². The Morgan fingerprint density at radius 3 is 2.68 bits per heavy atom. The Bertz CT molecular complexity index is 626. The normalized spacial score (nSPS) is 12.5. The Balaban J connectivity index is 1.99. The van der Waals surface area contributed by atoms with Crippen LogP contribution in [0.1, 0.15) is 5.56 Å². The van der Waals surface area contributed by atoms with Crippen molar-refractivity contribution in [2.75, 3.05) is 24.5 Å². The summed E-state index contributed by atoms with van der Waals surface area (Å²) in [6.45, 7) is 2.34. The molecular formula is C15H16N2O2. The predicted octanol–water partition coefficient (Wildman–Crippen LogP) is 3.07. The van der Waals surface area contributed by atoms with Crippen molar-refractivity contribution in [3.63, 3.8) is 0 Å². The highest BCUT2D eigenvalue weighted by molar-refractivity contribution is 5.76. The Labute approximate surface area is 112 Å². The van der Waals surface area contributed by atoms with Gasteiger partial charge in [0.1, 0.15) is 0 Å². The molecule has 0 aromatic heterocycles. The quantitative estimate of drug-likeness (QED) is 0.839. The second-order valence-electron chi connectivity index (χ2n) is 4.66. The highest BCUT2D eigenvalue weighted by Gasteiger charge is 2.16. The predicted molar refractivity (Wildman–Crippen MR) is 76.2 cm³/mol. The maximum absolute atomic E-state index is 6.04. The molecule has 4 nitrogen and oxygen atoms in total. The van der Waals surface area contributed by atoms with Gasteiger partial charge in [-0.1, -0.05) is 6.07 Å². The summed E-state index contributed by atoms with van der Waals surface area (Å²) in [5.74, 6) is 1.56. The fraction of sp³-hybridized carbons (Fsp3) is 0.200. The second kappa shape index (κ2) is 4.39. The first-order valence-corrected chi connectivity index (χ1v) is 6.14. The molecule has 3 rings (SSSR count). The number of benzene rings is 2. The number of nitrogen functional groups attached to an aromatic ring is 1. The summed E-state index contributed by atoms with van der Waals surface area (Å²) >= 11 is 0. The molecule has 1 heterocycles. The van der Waals surface area contributed by atoms with Gasteiger partial charge in [-0.15, -0.1) is 0 Å². The van der Waals surface area contributed by atoms with E-state index in [1.807, 2.05) is 42.3 Å². The number of fused-ring (bicyclic) bond motifs is 1. The smallest absolute Gasteiger partial charge is 0.231 e. The average molecular weight is 256 g/mol. The molecule has 0 atom stereocenters. The first-order valence-electron chi connectivity index (χ1n) is 6.14. The number of nitrogens with two attached hydrogens (primary N) is 1. The van der Waals surface area contributed by atoms with Gasteiger partial charge in [0.05, 0.1) is 11.4 Å². The summed E-state index contributed by atoms with van der Waals surface area (Å²) in [6, 6.07) is 11.9. The second-order valence-corrected chi connectivity index (χ2v) is 4.66. The number of rotatable bonds is 2. The molecule has 19 heavy (non-hydrogen) atoms. The van der Waals surface area contributed by atoms with E-state index in [4.69, 9.17) is 15.2 Å². The summed E-state index contributed by atoms with van der Waals surface area (Å²) < 4.78 is 10.7. The summed E-state index contributed by atoms with van der Waals surface area (Å²) in [7, 11) is 1.99. The number of aryl methyl sites for hydroxylation is 1. The van der Waals surface area contributed by atoms with E-state index in [0.29, 0.717) is 0 Å². The van der Waals surface area contributed by atoms with E-state index in [-0.39, 0.29) is 6.79 Å². The van der Waals surface area contributed by atoms with Crippen LogP contribution >= 0.6 is 0 Å². The lowest BCUT2D eigenvalue weighted by Crippen LogP contribution is -2.11. The van der Waals surface area contributed by atoms with Gasteiger partial charge >= 0.3 is 0 Å². The summed E-state index contributed by atoms with van der Waals surface area (Å²) in [4.78, 5) is 2.05. The monoisotopic (exact) mass is 256 g/mol. The molecule has 0 aliphatic carbocycles. The molecule has 0 saturated heterocycles. The molecule has 0 bridgehead atoms. The molecule has 2 aromatic rings. The Kier molecular flexibility index (Phi) is 2.71. The zero-order valence-corrected chi connectivity index (χ0v) is 11.0. The van der Waals surface area contributed by atoms with Crippen LogP contribution in [0.2, 0.25) is 0 Å². The van der Waals surface area contributed by atoms with Crippen LogP contribution in [0.5, 0.6) is 11.5 Å². The Morgan fingerprint density at radius 2 is 1.84 bits per heavy atom. The fourth-order valence-corrected chi connectivity index (χ4v) is 2.18. The van der Waals surface area contributed by atoms with E-state index in [2.05, 4.69) is 13.0 Å². The van der Waals surface area contributed by atoms with Gasteiger partial charge in [0.2, 0.25) is 6.79 Å². The van der Waals surface area contributed by atoms with Crippen molar-refractivity contribution in [3.8, 4) is 11.5 Å². The zero-order chi connectivity index (χ0) is 13.4. The molecular weight excluding hydrogens is 240 g/mol. The lowest BCUT2D eigenvalue weighted by Gasteiger charge is -2.22. The van der Waals surface area contributed by atoms with Crippen LogP contribution in [0, 0.1) is 6.92 Å².